The lowest BCUT2D eigenvalue weighted by Crippen LogP contribution is -2.32. The summed E-state index contributed by atoms with van der Waals surface area (Å²) in [5.41, 5.74) is 1.49. The van der Waals surface area contributed by atoms with Gasteiger partial charge in [-0.3, -0.25) is 4.79 Å². The number of rotatable bonds is 5. The van der Waals surface area contributed by atoms with Crippen molar-refractivity contribution in [3.05, 3.63) is 47.5 Å². The number of ether oxygens (including phenoxy) is 1. The van der Waals surface area contributed by atoms with Crippen LogP contribution in [0, 0.1) is 0 Å². The first-order chi connectivity index (χ1) is 9.90. The molecule has 4 nitrogen and oxygen atoms in total. The number of aldehydes is 1. The fraction of sp³-hybridized carbons (Fsp3) is 0.294. The Morgan fingerprint density at radius 3 is 2.24 bits per heavy atom. The van der Waals surface area contributed by atoms with Gasteiger partial charge in [0.1, 0.15) is 11.9 Å². The molecule has 0 atom stereocenters. The van der Waals surface area contributed by atoms with Gasteiger partial charge in [-0.1, -0.05) is 42.5 Å². The standard InChI is InChI=1S/C17H21NO3/c1-17(2,3)21-16(20)18-12-4-6-14-8-10-15(11-9-14)7-5-13-19/h4-11,13H,12H2,1-3H3,(H,18,20)/b6-4?,7-5+. The number of carbonyl (C=O) groups is 2. The Labute approximate surface area is 125 Å². The highest BCUT2D eigenvalue weighted by atomic mass is 16.6. The van der Waals surface area contributed by atoms with Crippen molar-refractivity contribution in [3.63, 3.8) is 0 Å². The van der Waals surface area contributed by atoms with Gasteiger partial charge in [-0.15, -0.1) is 0 Å². The van der Waals surface area contributed by atoms with Gasteiger partial charge in [0.05, 0.1) is 0 Å². The van der Waals surface area contributed by atoms with Gasteiger partial charge in [0.2, 0.25) is 0 Å². The SMILES string of the molecule is CC(C)(C)OC(=O)NCC=Cc1ccc(/C=C/C=O)cc1. The molecule has 0 saturated heterocycles. The van der Waals surface area contributed by atoms with Crippen molar-refractivity contribution in [2.75, 3.05) is 6.54 Å². The van der Waals surface area contributed by atoms with E-state index in [-0.39, 0.29) is 0 Å². The first-order valence-electron chi connectivity index (χ1n) is 6.76. The average Bonchev–Trinajstić information content (AvgIpc) is 2.41. The summed E-state index contributed by atoms with van der Waals surface area (Å²) >= 11 is 0. The molecule has 4 heteroatoms. The van der Waals surface area contributed by atoms with Gasteiger partial charge in [0, 0.05) is 6.54 Å². The van der Waals surface area contributed by atoms with Crippen LogP contribution < -0.4 is 5.32 Å². The minimum atomic E-state index is -0.487. The van der Waals surface area contributed by atoms with Gasteiger partial charge in [0.15, 0.2) is 0 Å². The zero-order chi connectivity index (χ0) is 15.7. The maximum Gasteiger partial charge on any atom is 0.407 e. The fourth-order valence-corrected chi connectivity index (χ4v) is 1.52. The van der Waals surface area contributed by atoms with Crippen LogP contribution in [0.3, 0.4) is 0 Å². The molecule has 0 fully saturated rings. The van der Waals surface area contributed by atoms with Gasteiger partial charge >= 0.3 is 6.09 Å². The molecule has 0 saturated carbocycles. The lowest BCUT2D eigenvalue weighted by Gasteiger charge is -2.19. The van der Waals surface area contributed by atoms with Crippen molar-refractivity contribution in [2.24, 2.45) is 0 Å². The van der Waals surface area contributed by atoms with Crippen molar-refractivity contribution < 1.29 is 14.3 Å². The number of nitrogens with one attached hydrogen (secondary N) is 1. The first-order valence-corrected chi connectivity index (χ1v) is 6.76. The number of allylic oxidation sites excluding steroid dienone is 1. The molecule has 0 heterocycles. The largest absolute Gasteiger partial charge is 0.444 e. The van der Waals surface area contributed by atoms with Gasteiger partial charge < -0.3 is 10.1 Å². The predicted molar refractivity (Wildman–Crippen MR) is 84.8 cm³/mol. The van der Waals surface area contributed by atoms with Gasteiger partial charge in [-0.2, -0.15) is 0 Å². The number of amides is 1. The molecule has 1 N–H and O–H groups in total. The molecule has 1 rings (SSSR count). The molecule has 0 aliphatic rings. The number of hydrogen-bond donors (Lipinski definition) is 1. The van der Waals surface area contributed by atoms with Crippen molar-refractivity contribution in [3.8, 4) is 0 Å². The van der Waals surface area contributed by atoms with E-state index in [1.807, 2.05) is 57.2 Å². The third-order valence-corrected chi connectivity index (χ3v) is 2.38. The summed E-state index contributed by atoms with van der Waals surface area (Å²) in [6, 6.07) is 7.71. The van der Waals surface area contributed by atoms with Crippen LogP contribution in [0.4, 0.5) is 4.79 Å². The maximum absolute atomic E-state index is 11.4. The second-order valence-electron chi connectivity index (χ2n) is 5.45. The zero-order valence-electron chi connectivity index (χ0n) is 12.6. The summed E-state index contributed by atoms with van der Waals surface area (Å²) in [6.45, 7) is 5.87. The Hall–Kier alpha value is -2.36. The van der Waals surface area contributed by atoms with Gasteiger partial charge in [-0.25, -0.2) is 4.79 Å². The van der Waals surface area contributed by atoms with Crippen molar-refractivity contribution in [1.82, 2.24) is 5.32 Å². The number of hydrogen-bond acceptors (Lipinski definition) is 3. The van der Waals surface area contributed by atoms with Gasteiger partial charge in [-0.05, 0) is 38.0 Å². The number of benzene rings is 1. The third kappa shape index (κ3) is 7.72. The van der Waals surface area contributed by atoms with Crippen LogP contribution in [-0.4, -0.2) is 24.5 Å². The van der Waals surface area contributed by atoms with Crippen molar-refractivity contribution in [2.45, 2.75) is 26.4 Å². The summed E-state index contributed by atoms with van der Waals surface area (Å²) in [5.74, 6) is 0. The smallest absolute Gasteiger partial charge is 0.407 e. The molecule has 1 aromatic rings. The number of alkyl carbamates (subject to hydrolysis) is 1. The molecular weight excluding hydrogens is 266 g/mol. The van der Waals surface area contributed by atoms with E-state index in [9.17, 15) is 9.59 Å². The Bertz CT molecular complexity index is 522. The van der Waals surface area contributed by atoms with E-state index in [0.717, 1.165) is 17.4 Å². The number of carbonyl (C=O) groups excluding carboxylic acids is 2. The molecule has 0 aromatic heterocycles. The molecule has 0 spiro atoms. The fourth-order valence-electron chi connectivity index (χ4n) is 1.52. The Morgan fingerprint density at radius 2 is 1.71 bits per heavy atom. The molecule has 0 aliphatic heterocycles. The summed E-state index contributed by atoms with van der Waals surface area (Å²) in [7, 11) is 0. The lowest BCUT2D eigenvalue weighted by atomic mass is 10.1. The molecule has 0 radical (unpaired) electrons. The highest BCUT2D eigenvalue weighted by Crippen LogP contribution is 2.08. The molecule has 1 amide bonds. The summed E-state index contributed by atoms with van der Waals surface area (Å²) < 4.78 is 5.12. The van der Waals surface area contributed by atoms with E-state index in [4.69, 9.17) is 4.74 Å². The second-order valence-corrected chi connectivity index (χ2v) is 5.45. The normalized spacial score (nSPS) is 11.8. The molecule has 0 aliphatic carbocycles. The van der Waals surface area contributed by atoms with E-state index in [1.165, 1.54) is 6.08 Å². The minimum absolute atomic E-state index is 0.404. The molecule has 112 valence electrons. The summed E-state index contributed by atoms with van der Waals surface area (Å²) in [4.78, 5) is 21.6. The van der Waals surface area contributed by atoms with E-state index >= 15 is 0 Å². The van der Waals surface area contributed by atoms with E-state index < -0.39 is 11.7 Å². The third-order valence-electron chi connectivity index (χ3n) is 2.38. The Morgan fingerprint density at radius 1 is 1.14 bits per heavy atom. The average molecular weight is 287 g/mol. The molecular formula is C17H21NO3. The highest BCUT2D eigenvalue weighted by molar-refractivity contribution is 5.74. The Kier molecular flexibility index (Phi) is 6.40. The van der Waals surface area contributed by atoms with Crippen LogP contribution in [0.5, 0.6) is 0 Å². The molecule has 0 unspecified atom stereocenters. The van der Waals surface area contributed by atoms with E-state index in [0.29, 0.717) is 6.54 Å². The predicted octanol–water partition coefficient (Wildman–Crippen LogP) is 3.44. The van der Waals surface area contributed by atoms with Crippen LogP contribution in [0.25, 0.3) is 12.2 Å². The molecule has 0 bridgehead atoms. The van der Waals surface area contributed by atoms with Crippen LogP contribution in [0.15, 0.2) is 36.4 Å². The summed E-state index contributed by atoms with van der Waals surface area (Å²) in [5, 5.41) is 2.65. The highest BCUT2D eigenvalue weighted by Gasteiger charge is 2.14. The van der Waals surface area contributed by atoms with E-state index in [2.05, 4.69) is 5.32 Å². The second kappa shape index (κ2) is 8.04. The van der Waals surface area contributed by atoms with Crippen LogP contribution in [0.2, 0.25) is 0 Å². The van der Waals surface area contributed by atoms with Gasteiger partial charge in [0.25, 0.3) is 0 Å². The van der Waals surface area contributed by atoms with E-state index in [1.54, 1.807) is 6.08 Å². The van der Waals surface area contributed by atoms with Crippen molar-refractivity contribution in [1.29, 1.82) is 0 Å². The topological polar surface area (TPSA) is 55.4 Å². The van der Waals surface area contributed by atoms with Crippen LogP contribution in [-0.2, 0) is 9.53 Å². The van der Waals surface area contributed by atoms with Crippen LogP contribution in [0.1, 0.15) is 31.9 Å². The van der Waals surface area contributed by atoms with Crippen molar-refractivity contribution >= 4 is 24.5 Å². The summed E-state index contributed by atoms with van der Waals surface area (Å²) in [6.07, 6.45) is 7.27. The molecule has 1 aromatic carbocycles. The quantitative estimate of drug-likeness (QED) is 0.666. The monoisotopic (exact) mass is 287 g/mol. The zero-order valence-corrected chi connectivity index (χ0v) is 12.6. The van der Waals surface area contributed by atoms with Crippen LogP contribution >= 0.6 is 0 Å². The maximum atomic E-state index is 11.4. The first kappa shape index (κ1) is 16.7. The minimum Gasteiger partial charge on any atom is -0.444 e. The molecule has 21 heavy (non-hydrogen) atoms. The lowest BCUT2D eigenvalue weighted by molar-refractivity contribution is -0.104. The Balaban J connectivity index is 2.41.